The molecule has 0 aliphatic heterocycles. The molecule has 2 N–H and O–H groups in total. The summed E-state index contributed by atoms with van der Waals surface area (Å²) in [6.07, 6.45) is -0.118. The van der Waals surface area contributed by atoms with E-state index >= 15 is 0 Å². The molecule has 2 aromatic carbocycles. The minimum atomic E-state index is -0.118. The van der Waals surface area contributed by atoms with Crippen LogP contribution in [-0.2, 0) is 0 Å². The van der Waals surface area contributed by atoms with E-state index in [1.54, 1.807) is 0 Å². The van der Waals surface area contributed by atoms with Crippen molar-refractivity contribution in [2.24, 2.45) is 5.73 Å². The van der Waals surface area contributed by atoms with E-state index in [0.29, 0.717) is 0 Å². The molecule has 2 nitrogen and oxygen atoms in total. The molecule has 0 radical (unpaired) electrons. The lowest BCUT2D eigenvalue weighted by Gasteiger charge is -2.23. The molecule has 2 heteroatoms. The molecular formula is C16H19NO. The quantitative estimate of drug-likeness (QED) is 0.889. The monoisotopic (exact) mass is 241 g/mol. The van der Waals surface area contributed by atoms with Crippen molar-refractivity contribution in [3.8, 4) is 5.75 Å². The molecule has 0 saturated heterocycles. The maximum atomic E-state index is 6.04. The Morgan fingerprint density at radius 3 is 2.33 bits per heavy atom. The van der Waals surface area contributed by atoms with Crippen LogP contribution in [0, 0.1) is 6.92 Å². The number of rotatable bonds is 4. The fourth-order valence-electron chi connectivity index (χ4n) is 1.97. The number of hydrogen-bond acceptors (Lipinski definition) is 2. The van der Waals surface area contributed by atoms with Crippen LogP contribution in [0.5, 0.6) is 5.75 Å². The van der Waals surface area contributed by atoms with Gasteiger partial charge in [-0.25, -0.2) is 0 Å². The van der Waals surface area contributed by atoms with Gasteiger partial charge in [0.25, 0.3) is 0 Å². The molecule has 0 saturated carbocycles. The van der Waals surface area contributed by atoms with Gasteiger partial charge in [0.05, 0.1) is 0 Å². The number of aryl methyl sites for hydroxylation is 1. The smallest absolute Gasteiger partial charge is 0.138 e. The standard InChI is InChI=1S/C16H19NO/c1-12-7-6-8-14(11-12)16(13(2)17)18-15-9-4-3-5-10-15/h3-11,13,16H,17H2,1-2H3. The van der Waals surface area contributed by atoms with Crippen LogP contribution < -0.4 is 10.5 Å². The third-order valence-corrected chi connectivity index (χ3v) is 2.85. The Morgan fingerprint density at radius 2 is 1.72 bits per heavy atom. The lowest BCUT2D eigenvalue weighted by atomic mass is 10.0. The van der Waals surface area contributed by atoms with Crippen molar-refractivity contribution in [2.75, 3.05) is 0 Å². The van der Waals surface area contributed by atoms with Gasteiger partial charge < -0.3 is 10.5 Å². The summed E-state index contributed by atoms with van der Waals surface area (Å²) in [5.74, 6) is 0.848. The minimum absolute atomic E-state index is 0.0630. The van der Waals surface area contributed by atoms with E-state index in [1.165, 1.54) is 5.56 Å². The summed E-state index contributed by atoms with van der Waals surface area (Å²) < 4.78 is 5.99. The zero-order valence-electron chi connectivity index (χ0n) is 10.8. The van der Waals surface area contributed by atoms with Crippen molar-refractivity contribution in [3.05, 3.63) is 65.7 Å². The highest BCUT2D eigenvalue weighted by molar-refractivity contribution is 5.28. The molecule has 2 rings (SSSR count). The van der Waals surface area contributed by atoms with Crippen LogP contribution in [0.25, 0.3) is 0 Å². The Bertz CT molecular complexity index is 493. The number of hydrogen-bond donors (Lipinski definition) is 1. The summed E-state index contributed by atoms with van der Waals surface area (Å²) in [6, 6.07) is 18.0. The van der Waals surface area contributed by atoms with Gasteiger partial charge >= 0.3 is 0 Å². The Balaban J connectivity index is 2.24. The van der Waals surface area contributed by atoms with Crippen molar-refractivity contribution in [2.45, 2.75) is 26.0 Å². The Kier molecular flexibility index (Phi) is 4.00. The van der Waals surface area contributed by atoms with Crippen molar-refractivity contribution < 1.29 is 4.74 Å². The number of ether oxygens (including phenoxy) is 1. The fraction of sp³-hybridized carbons (Fsp3) is 0.250. The summed E-state index contributed by atoms with van der Waals surface area (Å²) in [7, 11) is 0. The highest BCUT2D eigenvalue weighted by Gasteiger charge is 2.18. The zero-order valence-corrected chi connectivity index (χ0v) is 10.8. The lowest BCUT2D eigenvalue weighted by Crippen LogP contribution is -2.29. The van der Waals surface area contributed by atoms with E-state index in [1.807, 2.05) is 43.3 Å². The largest absolute Gasteiger partial charge is 0.484 e. The normalized spacial score (nSPS) is 13.9. The number of para-hydroxylation sites is 1. The van der Waals surface area contributed by atoms with Gasteiger partial charge in [0.1, 0.15) is 11.9 Å². The van der Waals surface area contributed by atoms with Gasteiger partial charge in [0, 0.05) is 6.04 Å². The van der Waals surface area contributed by atoms with Gasteiger partial charge in [-0.05, 0) is 31.5 Å². The summed E-state index contributed by atoms with van der Waals surface area (Å²) in [5.41, 5.74) is 8.38. The summed E-state index contributed by atoms with van der Waals surface area (Å²) in [6.45, 7) is 4.04. The Morgan fingerprint density at radius 1 is 1.00 bits per heavy atom. The van der Waals surface area contributed by atoms with Crippen LogP contribution >= 0.6 is 0 Å². The topological polar surface area (TPSA) is 35.2 Å². The first-order chi connectivity index (χ1) is 8.66. The van der Waals surface area contributed by atoms with Crippen molar-refractivity contribution >= 4 is 0 Å². The Hall–Kier alpha value is -1.80. The van der Waals surface area contributed by atoms with Crippen LogP contribution in [0.3, 0.4) is 0 Å². The van der Waals surface area contributed by atoms with Gasteiger partial charge in [-0.3, -0.25) is 0 Å². The van der Waals surface area contributed by atoms with Crippen molar-refractivity contribution in [3.63, 3.8) is 0 Å². The summed E-state index contributed by atoms with van der Waals surface area (Å²) >= 11 is 0. The molecule has 0 aliphatic carbocycles. The molecule has 0 bridgehead atoms. The maximum Gasteiger partial charge on any atom is 0.138 e. The second-order valence-corrected chi connectivity index (χ2v) is 4.62. The van der Waals surface area contributed by atoms with Crippen LogP contribution in [0.4, 0.5) is 0 Å². The molecule has 2 aromatic rings. The van der Waals surface area contributed by atoms with E-state index in [4.69, 9.17) is 10.5 Å². The third-order valence-electron chi connectivity index (χ3n) is 2.85. The van der Waals surface area contributed by atoms with E-state index < -0.39 is 0 Å². The lowest BCUT2D eigenvalue weighted by molar-refractivity contribution is 0.180. The van der Waals surface area contributed by atoms with E-state index in [-0.39, 0.29) is 12.1 Å². The predicted molar refractivity (Wildman–Crippen MR) is 74.6 cm³/mol. The number of benzene rings is 2. The molecular weight excluding hydrogens is 222 g/mol. The molecule has 0 aromatic heterocycles. The highest BCUT2D eigenvalue weighted by atomic mass is 16.5. The SMILES string of the molecule is Cc1cccc(C(Oc2ccccc2)C(C)N)c1. The summed E-state index contributed by atoms with van der Waals surface area (Å²) in [4.78, 5) is 0. The molecule has 0 aliphatic rings. The number of nitrogens with two attached hydrogens (primary N) is 1. The molecule has 0 amide bonds. The molecule has 2 unspecified atom stereocenters. The van der Waals surface area contributed by atoms with Crippen LogP contribution in [-0.4, -0.2) is 6.04 Å². The molecule has 0 heterocycles. The average Bonchev–Trinajstić information content (AvgIpc) is 2.37. The Labute approximate surface area is 108 Å². The molecule has 94 valence electrons. The van der Waals surface area contributed by atoms with Gasteiger partial charge in [0.15, 0.2) is 0 Å². The van der Waals surface area contributed by atoms with Gasteiger partial charge in [-0.1, -0.05) is 48.0 Å². The van der Waals surface area contributed by atoms with Crippen LogP contribution in [0.2, 0.25) is 0 Å². The average molecular weight is 241 g/mol. The minimum Gasteiger partial charge on any atom is -0.484 e. The molecule has 18 heavy (non-hydrogen) atoms. The van der Waals surface area contributed by atoms with Crippen molar-refractivity contribution in [1.29, 1.82) is 0 Å². The summed E-state index contributed by atoms with van der Waals surface area (Å²) in [5, 5.41) is 0. The van der Waals surface area contributed by atoms with E-state index in [9.17, 15) is 0 Å². The fourth-order valence-corrected chi connectivity index (χ4v) is 1.97. The predicted octanol–water partition coefficient (Wildman–Crippen LogP) is 3.46. The molecule has 2 atom stereocenters. The van der Waals surface area contributed by atoms with Crippen molar-refractivity contribution in [1.82, 2.24) is 0 Å². The highest BCUT2D eigenvalue weighted by Crippen LogP contribution is 2.24. The zero-order chi connectivity index (χ0) is 13.0. The van der Waals surface area contributed by atoms with Gasteiger partial charge in [0.2, 0.25) is 0 Å². The first kappa shape index (κ1) is 12.7. The van der Waals surface area contributed by atoms with Crippen LogP contribution in [0.1, 0.15) is 24.2 Å². The van der Waals surface area contributed by atoms with E-state index in [2.05, 4.69) is 25.1 Å². The van der Waals surface area contributed by atoms with E-state index in [0.717, 1.165) is 11.3 Å². The third kappa shape index (κ3) is 3.11. The second kappa shape index (κ2) is 5.69. The van der Waals surface area contributed by atoms with Gasteiger partial charge in [-0.15, -0.1) is 0 Å². The van der Waals surface area contributed by atoms with Crippen LogP contribution in [0.15, 0.2) is 54.6 Å². The first-order valence-corrected chi connectivity index (χ1v) is 6.20. The molecule has 0 spiro atoms. The second-order valence-electron chi connectivity index (χ2n) is 4.62. The maximum absolute atomic E-state index is 6.04. The first-order valence-electron chi connectivity index (χ1n) is 6.20. The van der Waals surface area contributed by atoms with Gasteiger partial charge in [-0.2, -0.15) is 0 Å². The molecule has 0 fully saturated rings.